The van der Waals surface area contributed by atoms with Crippen LogP contribution in [0.15, 0.2) is 43.0 Å². The fraction of sp³-hybridized carbons (Fsp3) is 0.0667. The molecule has 0 unspecified atom stereocenters. The first-order valence-electron chi connectivity index (χ1n) is 5.43. The van der Waals surface area contributed by atoms with E-state index in [4.69, 9.17) is 0 Å². The Balaban J connectivity index is 2.58. The van der Waals surface area contributed by atoms with Crippen molar-refractivity contribution in [1.29, 1.82) is 0 Å². The van der Waals surface area contributed by atoms with Crippen molar-refractivity contribution in [1.82, 2.24) is 4.98 Å². The van der Waals surface area contributed by atoms with Crippen LogP contribution in [0.3, 0.4) is 0 Å². The Morgan fingerprint density at radius 2 is 1.88 bits per heavy atom. The number of nitrogens with one attached hydrogen (secondary N) is 1. The number of rotatable bonds is 1. The molecule has 0 aliphatic heterocycles. The third kappa shape index (κ3) is 1.12. The Bertz CT molecular complexity index is 689. The van der Waals surface area contributed by atoms with Crippen molar-refractivity contribution >= 4 is 27.9 Å². The molecule has 2 aromatic carbocycles. The number of H-pyrrole nitrogens is 1. The first kappa shape index (κ1) is 9.22. The summed E-state index contributed by atoms with van der Waals surface area (Å²) < 4.78 is 0. The monoisotopic (exact) mass is 207 g/mol. The highest BCUT2D eigenvalue weighted by atomic mass is 14.7. The number of hydrogen-bond donors (Lipinski definition) is 1. The zero-order chi connectivity index (χ0) is 11.1. The summed E-state index contributed by atoms with van der Waals surface area (Å²) in [6, 6.07) is 12.7. The predicted octanol–water partition coefficient (Wildman–Crippen LogP) is 4.27. The lowest BCUT2D eigenvalue weighted by atomic mass is 10.0. The Hall–Kier alpha value is -2.02. The van der Waals surface area contributed by atoms with Crippen molar-refractivity contribution in [3.8, 4) is 0 Å². The molecule has 1 aromatic heterocycles. The number of hydrogen-bond acceptors (Lipinski definition) is 0. The maximum Gasteiger partial charge on any atom is 0.0540 e. The van der Waals surface area contributed by atoms with Crippen LogP contribution in [-0.2, 0) is 0 Å². The van der Waals surface area contributed by atoms with Gasteiger partial charge in [0.05, 0.1) is 5.52 Å². The van der Waals surface area contributed by atoms with Crippen molar-refractivity contribution in [2.75, 3.05) is 0 Å². The summed E-state index contributed by atoms with van der Waals surface area (Å²) in [7, 11) is 0. The second-order valence-electron chi connectivity index (χ2n) is 4.09. The number of fused-ring (bicyclic) bond motifs is 3. The Morgan fingerprint density at radius 1 is 1.06 bits per heavy atom. The number of para-hydroxylation sites is 1. The SMILES string of the molecule is C=Cc1c(C)ccc2c1[nH]c1ccccc12. The molecule has 1 heterocycles. The van der Waals surface area contributed by atoms with E-state index in [9.17, 15) is 0 Å². The Labute approximate surface area is 94.4 Å². The van der Waals surface area contributed by atoms with Gasteiger partial charge in [-0.2, -0.15) is 0 Å². The Morgan fingerprint density at radius 3 is 2.69 bits per heavy atom. The van der Waals surface area contributed by atoms with Gasteiger partial charge in [-0.05, 0) is 18.6 Å². The summed E-state index contributed by atoms with van der Waals surface area (Å²) in [6.07, 6.45) is 1.92. The molecule has 78 valence electrons. The molecule has 1 nitrogen and oxygen atoms in total. The van der Waals surface area contributed by atoms with E-state index in [1.54, 1.807) is 0 Å². The van der Waals surface area contributed by atoms with Crippen LogP contribution in [0.25, 0.3) is 27.9 Å². The molecule has 0 atom stereocenters. The average Bonchev–Trinajstić information content (AvgIpc) is 2.67. The largest absolute Gasteiger partial charge is 0.354 e. The van der Waals surface area contributed by atoms with Crippen molar-refractivity contribution in [2.24, 2.45) is 0 Å². The van der Waals surface area contributed by atoms with Gasteiger partial charge in [-0.25, -0.2) is 0 Å². The summed E-state index contributed by atoms with van der Waals surface area (Å²) in [5.41, 5.74) is 4.84. The van der Waals surface area contributed by atoms with E-state index in [1.807, 2.05) is 6.08 Å². The van der Waals surface area contributed by atoms with Crippen LogP contribution in [0.2, 0.25) is 0 Å². The van der Waals surface area contributed by atoms with Gasteiger partial charge in [0, 0.05) is 21.9 Å². The van der Waals surface area contributed by atoms with Crippen LogP contribution < -0.4 is 0 Å². The molecule has 0 bridgehead atoms. The van der Waals surface area contributed by atoms with Gasteiger partial charge in [0.2, 0.25) is 0 Å². The maximum absolute atomic E-state index is 3.89. The molecule has 3 aromatic rings. The molecule has 0 aliphatic carbocycles. The quantitative estimate of drug-likeness (QED) is 0.613. The lowest BCUT2D eigenvalue weighted by Gasteiger charge is -2.01. The van der Waals surface area contributed by atoms with E-state index in [1.165, 1.54) is 32.9 Å². The van der Waals surface area contributed by atoms with Crippen LogP contribution in [0.5, 0.6) is 0 Å². The molecule has 0 saturated carbocycles. The van der Waals surface area contributed by atoms with Gasteiger partial charge >= 0.3 is 0 Å². The lowest BCUT2D eigenvalue weighted by Crippen LogP contribution is -1.81. The highest BCUT2D eigenvalue weighted by molar-refractivity contribution is 6.09. The molecule has 16 heavy (non-hydrogen) atoms. The molecule has 1 N–H and O–H groups in total. The summed E-state index contributed by atoms with van der Waals surface area (Å²) in [5, 5.41) is 2.55. The smallest absolute Gasteiger partial charge is 0.0540 e. The van der Waals surface area contributed by atoms with Crippen LogP contribution in [0, 0.1) is 6.92 Å². The van der Waals surface area contributed by atoms with Crippen LogP contribution >= 0.6 is 0 Å². The second kappa shape index (κ2) is 3.24. The van der Waals surface area contributed by atoms with Gasteiger partial charge in [0.15, 0.2) is 0 Å². The molecular weight excluding hydrogens is 194 g/mol. The predicted molar refractivity (Wildman–Crippen MR) is 70.6 cm³/mol. The topological polar surface area (TPSA) is 15.8 Å². The van der Waals surface area contributed by atoms with Gasteiger partial charge in [-0.1, -0.05) is 43.0 Å². The fourth-order valence-electron chi connectivity index (χ4n) is 2.31. The van der Waals surface area contributed by atoms with Crippen LogP contribution in [-0.4, -0.2) is 4.98 Å². The zero-order valence-corrected chi connectivity index (χ0v) is 9.25. The van der Waals surface area contributed by atoms with Gasteiger partial charge in [-0.15, -0.1) is 0 Å². The van der Waals surface area contributed by atoms with Gasteiger partial charge < -0.3 is 4.98 Å². The van der Waals surface area contributed by atoms with E-state index in [-0.39, 0.29) is 0 Å². The molecule has 1 heteroatoms. The third-order valence-electron chi connectivity index (χ3n) is 3.14. The molecule has 0 fully saturated rings. The van der Waals surface area contributed by atoms with Gasteiger partial charge in [-0.3, -0.25) is 0 Å². The molecule has 3 rings (SSSR count). The minimum absolute atomic E-state index is 1.19. The number of aromatic nitrogens is 1. The van der Waals surface area contributed by atoms with Crippen LogP contribution in [0.1, 0.15) is 11.1 Å². The minimum Gasteiger partial charge on any atom is -0.354 e. The summed E-state index contributed by atoms with van der Waals surface area (Å²) in [4.78, 5) is 3.47. The number of aromatic amines is 1. The number of aryl methyl sites for hydroxylation is 1. The summed E-state index contributed by atoms with van der Waals surface area (Å²) >= 11 is 0. The molecule has 0 aliphatic rings. The van der Waals surface area contributed by atoms with Crippen LogP contribution in [0.4, 0.5) is 0 Å². The molecule has 0 radical (unpaired) electrons. The van der Waals surface area contributed by atoms with E-state index in [2.05, 4.69) is 54.9 Å². The lowest BCUT2D eigenvalue weighted by molar-refractivity contribution is 1.45. The molecule has 0 spiro atoms. The highest BCUT2D eigenvalue weighted by Gasteiger charge is 2.07. The molecule has 0 amide bonds. The van der Waals surface area contributed by atoms with Crippen molar-refractivity contribution < 1.29 is 0 Å². The molecule has 0 saturated heterocycles. The van der Waals surface area contributed by atoms with E-state index in [0.29, 0.717) is 0 Å². The third-order valence-corrected chi connectivity index (χ3v) is 3.14. The van der Waals surface area contributed by atoms with Crippen molar-refractivity contribution in [3.63, 3.8) is 0 Å². The van der Waals surface area contributed by atoms with Gasteiger partial charge in [0.1, 0.15) is 0 Å². The van der Waals surface area contributed by atoms with Crippen molar-refractivity contribution in [3.05, 3.63) is 54.1 Å². The summed E-state index contributed by atoms with van der Waals surface area (Å²) in [6.45, 7) is 6.01. The van der Waals surface area contributed by atoms with Crippen molar-refractivity contribution in [2.45, 2.75) is 6.92 Å². The Kier molecular flexibility index (Phi) is 1.87. The normalized spacial score (nSPS) is 11.1. The van der Waals surface area contributed by atoms with E-state index < -0.39 is 0 Å². The highest BCUT2D eigenvalue weighted by Crippen LogP contribution is 2.29. The fourth-order valence-corrected chi connectivity index (χ4v) is 2.31. The number of benzene rings is 2. The maximum atomic E-state index is 3.89. The minimum atomic E-state index is 1.19. The average molecular weight is 207 g/mol. The van der Waals surface area contributed by atoms with E-state index in [0.717, 1.165) is 0 Å². The summed E-state index contributed by atoms with van der Waals surface area (Å²) in [5.74, 6) is 0. The zero-order valence-electron chi connectivity index (χ0n) is 9.25. The standard InChI is InChI=1S/C15H13N/c1-3-11-10(2)8-9-13-12-6-4-5-7-14(12)16-15(11)13/h3-9,16H,1H2,2H3. The molecular formula is C15H13N. The van der Waals surface area contributed by atoms with E-state index >= 15 is 0 Å². The van der Waals surface area contributed by atoms with Gasteiger partial charge in [0.25, 0.3) is 0 Å². The second-order valence-corrected chi connectivity index (χ2v) is 4.09. The first-order valence-corrected chi connectivity index (χ1v) is 5.43. The first-order chi connectivity index (χ1) is 7.81.